The molecule has 4 rings (SSSR count). The van der Waals surface area contributed by atoms with Crippen LogP contribution in [0.1, 0.15) is 11.3 Å². The summed E-state index contributed by atoms with van der Waals surface area (Å²) in [6, 6.07) is 19.6. The van der Waals surface area contributed by atoms with Crippen molar-refractivity contribution in [3.05, 3.63) is 83.9 Å². The van der Waals surface area contributed by atoms with Gasteiger partial charge in [0.25, 0.3) is 0 Å². The quantitative estimate of drug-likeness (QED) is 0.521. The number of hydrogen-bond acceptors (Lipinski definition) is 5. The summed E-state index contributed by atoms with van der Waals surface area (Å²) in [6.07, 6.45) is 2.00. The Morgan fingerprint density at radius 2 is 1.86 bits per heavy atom. The topological polar surface area (TPSA) is 67.0 Å². The van der Waals surface area contributed by atoms with Gasteiger partial charge in [0.2, 0.25) is 5.91 Å². The van der Waals surface area contributed by atoms with Gasteiger partial charge in [0.15, 0.2) is 5.17 Å². The van der Waals surface area contributed by atoms with E-state index >= 15 is 0 Å². The molecule has 1 saturated heterocycles. The number of carbonyl (C=O) groups excluding carboxylic acids is 1. The van der Waals surface area contributed by atoms with E-state index in [9.17, 15) is 9.18 Å². The molecule has 0 aliphatic carbocycles. The van der Waals surface area contributed by atoms with Crippen molar-refractivity contribution in [1.29, 1.82) is 0 Å². The lowest BCUT2D eigenvalue weighted by Crippen LogP contribution is -2.25. The number of furan rings is 1. The van der Waals surface area contributed by atoms with E-state index in [0.29, 0.717) is 17.3 Å². The molecule has 0 spiro atoms. The van der Waals surface area contributed by atoms with Crippen molar-refractivity contribution in [3.63, 3.8) is 0 Å². The molecule has 1 aliphatic rings. The molecule has 1 N–H and O–H groups in total. The molecule has 3 aromatic rings. The average molecular weight is 393 g/mol. The van der Waals surface area contributed by atoms with Crippen LogP contribution in [0.3, 0.4) is 0 Å². The van der Waals surface area contributed by atoms with Crippen LogP contribution < -0.4 is 5.32 Å². The van der Waals surface area contributed by atoms with E-state index in [4.69, 9.17) is 4.42 Å². The van der Waals surface area contributed by atoms with Crippen molar-refractivity contribution >= 4 is 29.1 Å². The van der Waals surface area contributed by atoms with Crippen molar-refractivity contribution < 1.29 is 13.6 Å². The van der Waals surface area contributed by atoms with Gasteiger partial charge in [-0.3, -0.25) is 4.79 Å². The molecule has 1 aromatic heterocycles. The first-order chi connectivity index (χ1) is 13.7. The molecule has 0 bridgehead atoms. The summed E-state index contributed by atoms with van der Waals surface area (Å²) in [5.41, 5.74) is 1.87. The van der Waals surface area contributed by atoms with Gasteiger partial charge in [-0.15, -0.1) is 5.10 Å². The van der Waals surface area contributed by atoms with E-state index in [1.165, 1.54) is 30.1 Å². The number of nitrogens with zero attached hydrogens (tertiary/aromatic N) is 2. The number of thioether (sulfide) groups is 1. The Kier molecular flexibility index (Phi) is 5.34. The highest BCUT2D eigenvalue weighted by Crippen LogP contribution is 2.24. The third-order valence-corrected chi connectivity index (χ3v) is 5.20. The molecule has 7 heteroatoms. The Labute approximate surface area is 165 Å². The number of nitrogens with one attached hydrogen (secondary N) is 1. The molecular formula is C21H16FN3O2S. The highest BCUT2D eigenvalue weighted by atomic mass is 32.2. The van der Waals surface area contributed by atoms with Crippen molar-refractivity contribution in [2.45, 2.75) is 11.7 Å². The minimum atomic E-state index is -0.312. The van der Waals surface area contributed by atoms with Gasteiger partial charge in [-0.1, -0.05) is 54.2 Å². The summed E-state index contributed by atoms with van der Waals surface area (Å²) in [7, 11) is 0. The van der Waals surface area contributed by atoms with Crippen LogP contribution in [0.5, 0.6) is 0 Å². The Morgan fingerprint density at radius 1 is 1.07 bits per heavy atom. The number of halogens is 1. The van der Waals surface area contributed by atoms with Gasteiger partial charge in [0.05, 0.1) is 11.5 Å². The van der Waals surface area contributed by atoms with Crippen LogP contribution in [0.15, 0.2) is 81.4 Å². The number of carbonyl (C=O) groups is 1. The van der Waals surface area contributed by atoms with E-state index in [1.54, 1.807) is 12.1 Å². The SMILES string of the molecule is O=C1N/C(=N\N=C\c2ccc(-c3ccccc3)o2)SC1Cc1ccc(F)cc1. The molecule has 1 unspecified atom stereocenters. The van der Waals surface area contributed by atoms with Crippen molar-refractivity contribution in [2.24, 2.45) is 10.2 Å². The monoisotopic (exact) mass is 393 g/mol. The zero-order valence-corrected chi connectivity index (χ0v) is 15.5. The highest BCUT2D eigenvalue weighted by Gasteiger charge is 2.30. The summed E-state index contributed by atoms with van der Waals surface area (Å²) in [5.74, 6) is 0.892. The Bertz CT molecular complexity index is 1030. The summed E-state index contributed by atoms with van der Waals surface area (Å²) < 4.78 is 18.7. The second kappa shape index (κ2) is 8.22. The van der Waals surface area contributed by atoms with Crippen LogP contribution in [-0.2, 0) is 11.2 Å². The van der Waals surface area contributed by atoms with Gasteiger partial charge in [-0.05, 0) is 36.2 Å². The Hall–Kier alpha value is -3.19. The molecule has 5 nitrogen and oxygen atoms in total. The van der Waals surface area contributed by atoms with Crippen LogP contribution in [0.4, 0.5) is 4.39 Å². The minimum absolute atomic E-state index is 0.132. The summed E-state index contributed by atoms with van der Waals surface area (Å²) in [4.78, 5) is 12.1. The van der Waals surface area contributed by atoms with Gasteiger partial charge >= 0.3 is 0 Å². The molecule has 2 aromatic carbocycles. The van der Waals surface area contributed by atoms with E-state index in [1.807, 2.05) is 42.5 Å². The normalized spacial score (nSPS) is 18.1. The van der Waals surface area contributed by atoms with Crippen LogP contribution in [-0.4, -0.2) is 22.5 Å². The van der Waals surface area contributed by atoms with Gasteiger partial charge in [-0.2, -0.15) is 5.10 Å². The second-order valence-electron chi connectivity index (χ2n) is 6.14. The van der Waals surface area contributed by atoms with E-state index < -0.39 is 0 Å². The van der Waals surface area contributed by atoms with Crippen molar-refractivity contribution in [2.75, 3.05) is 0 Å². The van der Waals surface area contributed by atoms with Crippen molar-refractivity contribution in [3.8, 4) is 11.3 Å². The van der Waals surface area contributed by atoms with Gasteiger partial charge < -0.3 is 9.73 Å². The average Bonchev–Trinajstić information content (AvgIpc) is 3.31. The first kappa shape index (κ1) is 18.2. The fourth-order valence-electron chi connectivity index (χ4n) is 2.74. The molecule has 2 heterocycles. The maximum absolute atomic E-state index is 13.0. The van der Waals surface area contributed by atoms with Gasteiger partial charge in [0.1, 0.15) is 17.3 Å². The molecule has 0 radical (unpaired) electrons. The molecule has 0 saturated carbocycles. The summed E-state index contributed by atoms with van der Waals surface area (Å²) in [5, 5.41) is 10.9. The lowest BCUT2D eigenvalue weighted by atomic mass is 10.1. The van der Waals surface area contributed by atoms with Crippen molar-refractivity contribution in [1.82, 2.24) is 5.32 Å². The Morgan fingerprint density at radius 3 is 2.64 bits per heavy atom. The lowest BCUT2D eigenvalue weighted by Gasteiger charge is -2.04. The number of rotatable bonds is 5. The second-order valence-corrected chi connectivity index (χ2v) is 7.34. The Balaban J connectivity index is 1.38. The molecular weight excluding hydrogens is 377 g/mol. The first-order valence-electron chi connectivity index (χ1n) is 8.65. The zero-order valence-electron chi connectivity index (χ0n) is 14.7. The van der Waals surface area contributed by atoms with E-state index in [0.717, 1.165) is 16.9 Å². The molecule has 1 aliphatic heterocycles. The lowest BCUT2D eigenvalue weighted by molar-refractivity contribution is -0.118. The smallest absolute Gasteiger partial charge is 0.239 e. The standard InChI is InChI=1S/C21H16FN3O2S/c22-16-8-6-14(7-9-16)12-19-20(26)24-21(28-19)25-23-13-17-10-11-18(27-17)15-4-2-1-3-5-15/h1-11,13,19H,12H2,(H,24,25,26)/b23-13+. The largest absolute Gasteiger partial charge is 0.455 e. The first-order valence-corrected chi connectivity index (χ1v) is 9.53. The molecule has 1 amide bonds. The molecule has 140 valence electrons. The van der Waals surface area contributed by atoms with Gasteiger partial charge in [0, 0.05) is 5.56 Å². The van der Waals surface area contributed by atoms with Crippen LogP contribution in [0.2, 0.25) is 0 Å². The summed E-state index contributed by atoms with van der Waals surface area (Å²) in [6.45, 7) is 0. The third-order valence-electron chi connectivity index (χ3n) is 4.13. The maximum atomic E-state index is 13.0. The minimum Gasteiger partial charge on any atom is -0.455 e. The van der Waals surface area contributed by atoms with Crippen LogP contribution in [0.25, 0.3) is 11.3 Å². The molecule has 1 fully saturated rings. The maximum Gasteiger partial charge on any atom is 0.239 e. The molecule has 28 heavy (non-hydrogen) atoms. The fourth-order valence-corrected chi connectivity index (χ4v) is 3.70. The number of benzene rings is 2. The summed E-state index contributed by atoms with van der Waals surface area (Å²) >= 11 is 1.31. The third kappa shape index (κ3) is 4.37. The number of amidine groups is 1. The number of amides is 1. The van der Waals surface area contributed by atoms with Gasteiger partial charge in [-0.25, -0.2) is 4.39 Å². The predicted octanol–water partition coefficient (Wildman–Crippen LogP) is 4.25. The van der Waals surface area contributed by atoms with E-state index in [-0.39, 0.29) is 17.0 Å². The van der Waals surface area contributed by atoms with Crippen LogP contribution in [0, 0.1) is 5.82 Å². The van der Waals surface area contributed by atoms with Crippen LogP contribution >= 0.6 is 11.8 Å². The molecule has 1 atom stereocenters. The zero-order chi connectivity index (χ0) is 19.3. The van der Waals surface area contributed by atoms with E-state index in [2.05, 4.69) is 15.5 Å². The highest BCUT2D eigenvalue weighted by molar-refractivity contribution is 8.15. The number of hydrogen-bond donors (Lipinski definition) is 1. The predicted molar refractivity (Wildman–Crippen MR) is 109 cm³/mol. The fraction of sp³-hybridized carbons (Fsp3) is 0.0952.